The lowest BCUT2D eigenvalue weighted by atomic mass is 10.00. The van der Waals surface area contributed by atoms with E-state index >= 15 is 0 Å². The fourth-order valence-electron chi connectivity index (χ4n) is 2.35. The van der Waals surface area contributed by atoms with Crippen molar-refractivity contribution in [2.24, 2.45) is 0 Å². The zero-order valence-corrected chi connectivity index (χ0v) is 8.47. The summed E-state index contributed by atoms with van der Waals surface area (Å²) in [4.78, 5) is 5.11. The predicted octanol–water partition coefficient (Wildman–Crippen LogP) is 1.04. The third kappa shape index (κ3) is 1.78. The SMILES string of the molecule is SCN1CCN2CCCC[C@@H]2C1. The Bertz CT molecular complexity index is 151. The highest BCUT2D eigenvalue weighted by atomic mass is 32.1. The van der Waals surface area contributed by atoms with Gasteiger partial charge in [-0.2, -0.15) is 12.6 Å². The first-order valence-corrected chi connectivity index (χ1v) is 5.60. The molecule has 2 aliphatic rings. The minimum atomic E-state index is 0.847. The second-order valence-electron chi connectivity index (χ2n) is 3.90. The van der Waals surface area contributed by atoms with Crippen molar-refractivity contribution in [3.63, 3.8) is 0 Å². The number of rotatable bonds is 1. The fourth-order valence-corrected chi connectivity index (χ4v) is 2.61. The van der Waals surface area contributed by atoms with Crippen LogP contribution in [0.4, 0.5) is 0 Å². The summed E-state index contributed by atoms with van der Waals surface area (Å²) in [7, 11) is 0. The van der Waals surface area contributed by atoms with Crippen LogP contribution in [0.25, 0.3) is 0 Å². The summed E-state index contributed by atoms with van der Waals surface area (Å²) in [6.45, 7) is 5.08. The van der Waals surface area contributed by atoms with Crippen LogP contribution in [0.1, 0.15) is 19.3 Å². The smallest absolute Gasteiger partial charge is 0.0415 e. The van der Waals surface area contributed by atoms with Gasteiger partial charge in [0.15, 0.2) is 0 Å². The molecule has 1 atom stereocenters. The topological polar surface area (TPSA) is 6.48 Å². The summed E-state index contributed by atoms with van der Waals surface area (Å²) >= 11 is 4.33. The van der Waals surface area contributed by atoms with E-state index < -0.39 is 0 Å². The molecule has 0 unspecified atom stereocenters. The summed E-state index contributed by atoms with van der Waals surface area (Å²) in [5.41, 5.74) is 0. The molecule has 2 rings (SSSR count). The Labute approximate surface area is 80.3 Å². The van der Waals surface area contributed by atoms with Crippen LogP contribution in [0, 0.1) is 0 Å². The van der Waals surface area contributed by atoms with Crippen LogP contribution in [0.15, 0.2) is 0 Å². The maximum atomic E-state index is 4.33. The molecule has 2 nitrogen and oxygen atoms in total. The molecule has 0 saturated carbocycles. The number of thiol groups is 1. The van der Waals surface area contributed by atoms with Gasteiger partial charge in [-0.25, -0.2) is 0 Å². The highest BCUT2D eigenvalue weighted by Crippen LogP contribution is 2.20. The Morgan fingerprint density at radius 2 is 2.08 bits per heavy atom. The van der Waals surface area contributed by atoms with Crippen molar-refractivity contribution in [1.29, 1.82) is 0 Å². The molecule has 0 amide bonds. The Balaban J connectivity index is 1.90. The average molecular weight is 186 g/mol. The highest BCUT2D eigenvalue weighted by molar-refractivity contribution is 7.80. The van der Waals surface area contributed by atoms with Gasteiger partial charge in [0.2, 0.25) is 0 Å². The quantitative estimate of drug-likeness (QED) is 0.611. The van der Waals surface area contributed by atoms with E-state index in [0.29, 0.717) is 0 Å². The van der Waals surface area contributed by atoms with E-state index in [1.54, 1.807) is 0 Å². The van der Waals surface area contributed by atoms with E-state index in [4.69, 9.17) is 0 Å². The molecule has 3 heteroatoms. The minimum absolute atomic E-state index is 0.847. The van der Waals surface area contributed by atoms with Gasteiger partial charge >= 0.3 is 0 Å². The van der Waals surface area contributed by atoms with E-state index in [1.165, 1.54) is 45.4 Å². The molecule has 0 aromatic heterocycles. The monoisotopic (exact) mass is 186 g/mol. The van der Waals surface area contributed by atoms with E-state index in [2.05, 4.69) is 22.4 Å². The zero-order valence-electron chi connectivity index (χ0n) is 7.58. The van der Waals surface area contributed by atoms with E-state index in [9.17, 15) is 0 Å². The Hall–Kier alpha value is 0.270. The van der Waals surface area contributed by atoms with E-state index in [-0.39, 0.29) is 0 Å². The molecule has 70 valence electrons. The van der Waals surface area contributed by atoms with Crippen molar-refractivity contribution in [3.05, 3.63) is 0 Å². The van der Waals surface area contributed by atoms with Crippen molar-refractivity contribution in [3.8, 4) is 0 Å². The van der Waals surface area contributed by atoms with Gasteiger partial charge in [-0.05, 0) is 19.4 Å². The molecule has 2 saturated heterocycles. The number of nitrogens with zero attached hydrogens (tertiary/aromatic N) is 2. The third-order valence-corrected chi connectivity index (χ3v) is 3.52. The molecule has 0 N–H and O–H groups in total. The number of fused-ring (bicyclic) bond motifs is 1. The molecule has 0 aliphatic carbocycles. The van der Waals surface area contributed by atoms with Crippen LogP contribution in [-0.2, 0) is 0 Å². The van der Waals surface area contributed by atoms with Crippen LogP contribution in [0.5, 0.6) is 0 Å². The fraction of sp³-hybridized carbons (Fsp3) is 1.00. The molecule has 2 aliphatic heterocycles. The molecule has 12 heavy (non-hydrogen) atoms. The molecular formula is C9H18N2S. The number of hydrogen-bond donors (Lipinski definition) is 1. The first-order valence-electron chi connectivity index (χ1n) is 4.97. The third-order valence-electron chi connectivity index (χ3n) is 3.12. The predicted molar refractivity (Wildman–Crippen MR) is 54.6 cm³/mol. The number of hydrogen-bond acceptors (Lipinski definition) is 3. The largest absolute Gasteiger partial charge is 0.298 e. The lowest BCUT2D eigenvalue weighted by Gasteiger charge is -2.43. The van der Waals surface area contributed by atoms with Gasteiger partial charge in [-0.3, -0.25) is 9.80 Å². The lowest BCUT2D eigenvalue weighted by Crippen LogP contribution is -2.54. The summed E-state index contributed by atoms with van der Waals surface area (Å²) in [6.07, 6.45) is 4.25. The molecular weight excluding hydrogens is 168 g/mol. The molecule has 0 radical (unpaired) electrons. The van der Waals surface area contributed by atoms with Gasteiger partial charge < -0.3 is 0 Å². The molecule has 0 aromatic carbocycles. The highest BCUT2D eigenvalue weighted by Gasteiger charge is 2.27. The van der Waals surface area contributed by atoms with Crippen molar-refractivity contribution >= 4 is 12.6 Å². The normalized spacial score (nSPS) is 33.2. The first-order chi connectivity index (χ1) is 5.90. The van der Waals surface area contributed by atoms with Gasteiger partial charge in [-0.1, -0.05) is 6.42 Å². The second-order valence-corrected chi connectivity index (χ2v) is 4.19. The van der Waals surface area contributed by atoms with Crippen LogP contribution in [-0.4, -0.2) is 47.9 Å². The van der Waals surface area contributed by atoms with Crippen molar-refractivity contribution in [1.82, 2.24) is 9.80 Å². The van der Waals surface area contributed by atoms with Crippen LogP contribution < -0.4 is 0 Å². The summed E-state index contributed by atoms with van der Waals surface area (Å²) in [5, 5.41) is 0. The van der Waals surface area contributed by atoms with Gasteiger partial charge in [0.05, 0.1) is 0 Å². The average Bonchev–Trinajstić information content (AvgIpc) is 2.17. The zero-order chi connectivity index (χ0) is 8.39. The van der Waals surface area contributed by atoms with Gasteiger partial charge in [0, 0.05) is 31.6 Å². The number of piperidine rings is 1. The van der Waals surface area contributed by atoms with E-state index in [0.717, 1.165) is 11.9 Å². The van der Waals surface area contributed by atoms with Crippen molar-refractivity contribution in [2.75, 3.05) is 32.1 Å². The molecule has 2 heterocycles. The summed E-state index contributed by atoms with van der Waals surface area (Å²) in [5.74, 6) is 0.935. The Kier molecular flexibility index (Phi) is 2.94. The van der Waals surface area contributed by atoms with Crippen molar-refractivity contribution < 1.29 is 0 Å². The Morgan fingerprint density at radius 3 is 2.92 bits per heavy atom. The van der Waals surface area contributed by atoms with Gasteiger partial charge in [0.1, 0.15) is 0 Å². The summed E-state index contributed by atoms with van der Waals surface area (Å²) < 4.78 is 0. The minimum Gasteiger partial charge on any atom is -0.298 e. The number of piperazine rings is 1. The molecule has 2 fully saturated rings. The molecule has 0 bridgehead atoms. The van der Waals surface area contributed by atoms with Gasteiger partial charge in [0.25, 0.3) is 0 Å². The van der Waals surface area contributed by atoms with Crippen molar-refractivity contribution in [2.45, 2.75) is 25.3 Å². The van der Waals surface area contributed by atoms with Gasteiger partial charge in [-0.15, -0.1) is 0 Å². The maximum Gasteiger partial charge on any atom is 0.0415 e. The van der Waals surface area contributed by atoms with Crippen LogP contribution in [0.3, 0.4) is 0 Å². The van der Waals surface area contributed by atoms with E-state index in [1.807, 2.05) is 0 Å². The standard InChI is InChI=1S/C9H18N2S/c12-8-10-5-6-11-4-2-1-3-9(11)7-10/h9,12H,1-8H2/t9-/m1/s1. The Morgan fingerprint density at radius 1 is 1.17 bits per heavy atom. The first kappa shape index (κ1) is 8.85. The lowest BCUT2D eigenvalue weighted by molar-refractivity contribution is 0.0595. The van der Waals surface area contributed by atoms with Crippen LogP contribution >= 0.6 is 12.6 Å². The maximum absolute atomic E-state index is 4.33. The summed E-state index contributed by atoms with van der Waals surface area (Å²) in [6, 6.07) is 0.847. The molecule has 0 spiro atoms. The van der Waals surface area contributed by atoms with Crippen LogP contribution in [0.2, 0.25) is 0 Å². The second kappa shape index (κ2) is 3.99. The molecule has 0 aromatic rings.